The molecule has 28 heavy (non-hydrogen) atoms. The van der Waals surface area contributed by atoms with Crippen molar-refractivity contribution >= 4 is 23.8 Å². The fourth-order valence-corrected chi connectivity index (χ4v) is 3.27. The summed E-state index contributed by atoms with van der Waals surface area (Å²) in [6, 6.07) is -1.75. The van der Waals surface area contributed by atoms with E-state index in [2.05, 4.69) is 16.0 Å². The molecule has 0 unspecified atom stereocenters. The standard InChI is InChI=1S/C19H32N4O5/c1-2-3-9-28-19(27)23-15(10-12-6-7-12)18(26)22-14(16(20)24)11-13-5-4-8-21-17(13)25/h12-15H,2-11H2,1H3,(H2,20,24)(H,21,25)(H,22,26)(H,23,27)/t13-,14-,15-/m0/s1. The maximum atomic E-state index is 12.7. The van der Waals surface area contributed by atoms with Gasteiger partial charge in [-0.15, -0.1) is 0 Å². The second kappa shape index (κ2) is 10.9. The minimum absolute atomic E-state index is 0.126. The normalized spacial score (nSPS) is 21.2. The van der Waals surface area contributed by atoms with Gasteiger partial charge in [0.15, 0.2) is 0 Å². The number of ether oxygens (including phenoxy) is 1. The first kappa shape index (κ1) is 22.0. The zero-order valence-corrected chi connectivity index (χ0v) is 16.5. The molecular weight excluding hydrogens is 364 g/mol. The van der Waals surface area contributed by atoms with E-state index in [0.29, 0.717) is 31.9 Å². The van der Waals surface area contributed by atoms with Crippen LogP contribution in [0.4, 0.5) is 4.79 Å². The zero-order valence-electron chi connectivity index (χ0n) is 16.5. The van der Waals surface area contributed by atoms with Crippen LogP contribution >= 0.6 is 0 Å². The van der Waals surface area contributed by atoms with Crippen molar-refractivity contribution in [2.75, 3.05) is 13.2 Å². The third-order valence-corrected chi connectivity index (χ3v) is 5.19. The molecule has 1 saturated heterocycles. The van der Waals surface area contributed by atoms with Gasteiger partial charge in [-0.2, -0.15) is 0 Å². The molecule has 0 aromatic carbocycles. The lowest BCUT2D eigenvalue weighted by atomic mass is 9.91. The molecule has 0 aromatic heterocycles. The molecule has 2 aliphatic rings. The molecule has 0 bridgehead atoms. The van der Waals surface area contributed by atoms with Gasteiger partial charge in [-0.1, -0.05) is 26.2 Å². The quantitative estimate of drug-likeness (QED) is 0.378. The summed E-state index contributed by atoms with van der Waals surface area (Å²) in [5.41, 5.74) is 5.45. The Kier molecular flexibility index (Phi) is 8.53. The van der Waals surface area contributed by atoms with E-state index in [0.717, 1.165) is 32.1 Å². The maximum absolute atomic E-state index is 12.7. The number of unbranched alkanes of at least 4 members (excludes halogenated alkanes) is 1. The molecule has 1 aliphatic carbocycles. The summed E-state index contributed by atoms with van der Waals surface area (Å²) in [7, 11) is 0. The summed E-state index contributed by atoms with van der Waals surface area (Å²) < 4.78 is 5.08. The predicted octanol–water partition coefficient (Wildman–Crippen LogP) is 0.568. The molecule has 9 nitrogen and oxygen atoms in total. The Morgan fingerprint density at radius 2 is 1.93 bits per heavy atom. The highest BCUT2D eigenvalue weighted by atomic mass is 16.5. The molecule has 158 valence electrons. The first-order valence-electron chi connectivity index (χ1n) is 10.2. The van der Waals surface area contributed by atoms with E-state index >= 15 is 0 Å². The average molecular weight is 396 g/mol. The highest BCUT2D eigenvalue weighted by Crippen LogP contribution is 2.33. The molecule has 5 N–H and O–H groups in total. The Balaban J connectivity index is 1.93. The minimum atomic E-state index is -0.957. The van der Waals surface area contributed by atoms with Crippen molar-refractivity contribution in [1.82, 2.24) is 16.0 Å². The van der Waals surface area contributed by atoms with Gasteiger partial charge >= 0.3 is 6.09 Å². The second-order valence-corrected chi connectivity index (χ2v) is 7.69. The lowest BCUT2D eigenvalue weighted by Crippen LogP contribution is -2.54. The number of hydrogen-bond donors (Lipinski definition) is 4. The Hall–Kier alpha value is -2.32. The molecule has 0 spiro atoms. The number of carbonyl (C=O) groups is 4. The highest BCUT2D eigenvalue weighted by Gasteiger charge is 2.34. The van der Waals surface area contributed by atoms with Gasteiger partial charge in [0.05, 0.1) is 6.61 Å². The van der Waals surface area contributed by atoms with Gasteiger partial charge in [0.25, 0.3) is 0 Å². The van der Waals surface area contributed by atoms with E-state index in [1.807, 2.05) is 6.92 Å². The molecule has 4 amide bonds. The number of hydrogen-bond acceptors (Lipinski definition) is 5. The van der Waals surface area contributed by atoms with Crippen molar-refractivity contribution in [2.45, 2.75) is 70.4 Å². The maximum Gasteiger partial charge on any atom is 0.407 e. The van der Waals surface area contributed by atoms with Crippen LogP contribution in [0.5, 0.6) is 0 Å². The van der Waals surface area contributed by atoms with E-state index in [4.69, 9.17) is 10.5 Å². The van der Waals surface area contributed by atoms with Gasteiger partial charge < -0.3 is 26.4 Å². The van der Waals surface area contributed by atoms with Gasteiger partial charge in [-0.25, -0.2) is 4.79 Å². The number of carbonyl (C=O) groups excluding carboxylic acids is 4. The summed E-state index contributed by atoms with van der Waals surface area (Å²) in [4.78, 5) is 48.5. The average Bonchev–Trinajstić information content (AvgIpc) is 3.46. The van der Waals surface area contributed by atoms with Gasteiger partial charge in [-0.3, -0.25) is 14.4 Å². The van der Waals surface area contributed by atoms with E-state index < -0.39 is 30.0 Å². The van der Waals surface area contributed by atoms with Crippen molar-refractivity contribution in [3.05, 3.63) is 0 Å². The van der Waals surface area contributed by atoms with E-state index in [9.17, 15) is 19.2 Å². The van der Waals surface area contributed by atoms with Crippen molar-refractivity contribution in [3.8, 4) is 0 Å². The van der Waals surface area contributed by atoms with Gasteiger partial charge in [-0.05, 0) is 38.0 Å². The summed E-state index contributed by atoms with van der Waals surface area (Å²) in [6.07, 6.45) is 5.15. The fourth-order valence-electron chi connectivity index (χ4n) is 3.27. The highest BCUT2D eigenvalue weighted by molar-refractivity contribution is 5.91. The topological polar surface area (TPSA) is 140 Å². The predicted molar refractivity (Wildman–Crippen MR) is 102 cm³/mol. The minimum Gasteiger partial charge on any atom is -0.450 e. The molecule has 3 atom stereocenters. The number of alkyl carbamates (subject to hydrolysis) is 1. The Labute approximate surface area is 165 Å². The molecule has 1 heterocycles. The smallest absolute Gasteiger partial charge is 0.407 e. The molecule has 0 radical (unpaired) electrons. The number of amides is 4. The lowest BCUT2D eigenvalue weighted by molar-refractivity contribution is -0.131. The van der Waals surface area contributed by atoms with Crippen molar-refractivity contribution in [3.63, 3.8) is 0 Å². The van der Waals surface area contributed by atoms with Crippen molar-refractivity contribution in [2.24, 2.45) is 17.6 Å². The number of primary amides is 1. The van der Waals surface area contributed by atoms with E-state index in [1.54, 1.807) is 0 Å². The summed E-state index contributed by atoms with van der Waals surface area (Å²) >= 11 is 0. The summed E-state index contributed by atoms with van der Waals surface area (Å²) in [5.74, 6) is -1.27. The number of nitrogens with two attached hydrogens (primary N) is 1. The summed E-state index contributed by atoms with van der Waals surface area (Å²) in [6.45, 7) is 2.90. The monoisotopic (exact) mass is 396 g/mol. The fraction of sp³-hybridized carbons (Fsp3) is 0.789. The van der Waals surface area contributed by atoms with Crippen LogP contribution in [-0.4, -0.2) is 49.1 Å². The van der Waals surface area contributed by atoms with Crippen LogP contribution in [0.25, 0.3) is 0 Å². The van der Waals surface area contributed by atoms with Crippen LogP contribution in [0, 0.1) is 11.8 Å². The Morgan fingerprint density at radius 1 is 1.18 bits per heavy atom. The molecule has 1 saturated carbocycles. The molecule has 2 fully saturated rings. The molecule has 0 aromatic rings. The van der Waals surface area contributed by atoms with Crippen molar-refractivity contribution < 1.29 is 23.9 Å². The number of piperidine rings is 1. The van der Waals surface area contributed by atoms with Gasteiger partial charge in [0, 0.05) is 12.5 Å². The summed E-state index contributed by atoms with van der Waals surface area (Å²) in [5, 5.41) is 7.99. The molecule has 9 heteroatoms. The Bertz CT molecular complexity index is 579. The zero-order chi connectivity index (χ0) is 20.5. The van der Waals surface area contributed by atoms with Crippen LogP contribution in [0.2, 0.25) is 0 Å². The lowest BCUT2D eigenvalue weighted by Gasteiger charge is -2.26. The van der Waals surface area contributed by atoms with Crippen LogP contribution in [0.1, 0.15) is 58.3 Å². The van der Waals surface area contributed by atoms with Crippen LogP contribution in [0.3, 0.4) is 0 Å². The SMILES string of the molecule is CCCCOC(=O)N[C@@H](CC1CC1)C(=O)N[C@@H](C[C@@H]1CCCNC1=O)C(N)=O. The van der Waals surface area contributed by atoms with Crippen LogP contribution < -0.4 is 21.7 Å². The first-order chi connectivity index (χ1) is 13.4. The van der Waals surface area contributed by atoms with Gasteiger partial charge in [0.2, 0.25) is 17.7 Å². The third kappa shape index (κ3) is 7.36. The largest absolute Gasteiger partial charge is 0.450 e. The molecular formula is C19H32N4O5. The van der Waals surface area contributed by atoms with Gasteiger partial charge in [0.1, 0.15) is 12.1 Å². The number of rotatable bonds is 11. The van der Waals surface area contributed by atoms with Crippen LogP contribution in [-0.2, 0) is 19.1 Å². The van der Waals surface area contributed by atoms with Crippen LogP contribution in [0.15, 0.2) is 0 Å². The molecule has 1 aliphatic heterocycles. The van der Waals surface area contributed by atoms with E-state index in [-0.39, 0.29) is 18.2 Å². The van der Waals surface area contributed by atoms with Crippen molar-refractivity contribution in [1.29, 1.82) is 0 Å². The van der Waals surface area contributed by atoms with E-state index in [1.165, 1.54) is 0 Å². The number of nitrogens with one attached hydrogen (secondary N) is 3. The third-order valence-electron chi connectivity index (χ3n) is 5.19. The molecule has 2 rings (SSSR count). The second-order valence-electron chi connectivity index (χ2n) is 7.69. The Morgan fingerprint density at radius 3 is 2.54 bits per heavy atom. The first-order valence-corrected chi connectivity index (χ1v) is 10.2.